The van der Waals surface area contributed by atoms with Gasteiger partial charge in [-0.3, -0.25) is 29.4 Å². The van der Waals surface area contributed by atoms with Crippen molar-refractivity contribution in [1.29, 1.82) is 0 Å². The van der Waals surface area contributed by atoms with Crippen molar-refractivity contribution in [2.24, 2.45) is 5.92 Å². The summed E-state index contributed by atoms with van der Waals surface area (Å²) in [5.41, 5.74) is 0.451. The molecule has 0 spiro atoms. The van der Waals surface area contributed by atoms with E-state index in [4.69, 9.17) is 4.74 Å². The molecule has 3 aliphatic rings. The SMILES string of the molecule is CN(CCCOc1cccc2c1C(=O)N(C1CCC(=O)NC1=O)C2=O)CCCC1CCCCCC1. The Morgan fingerprint density at radius 3 is 2.46 bits per heavy atom. The quantitative estimate of drug-likeness (QED) is 0.311. The van der Waals surface area contributed by atoms with Crippen molar-refractivity contribution in [3.8, 4) is 5.75 Å². The van der Waals surface area contributed by atoms with Gasteiger partial charge in [0.2, 0.25) is 11.8 Å². The second kappa shape index (κ2) is 11.8. The number of fused-ring (bicyclic) bond motifs is 1. The fraction of sp³-hybridized carbons (Fsp3) is 0.630. The van der Waals surface area contributed by atoms with Crippen molar-refractivity contribution in [2.45, 2.75) is 76.7 Å². The highest BCUT2D eigenvalue weighted by Crippen LogP contribution is 2.33. The zero-order valence-corrected chi connectivity index (χ0v) is 20.7. The van der Waals surface area contributed by atoms with Gasteiger partial charge in [-0.2, -0.15) is 0 Å². The molecule has 0 bridgehead atoms. The first-order valence-corrected chi connectivity index (χ1v) is 13.1. The maximum Gasteiger partial charge on any atom is 0.266 e. The smallest absolute Gasteiger partial charge is 0.266 e. The van der Waals surface area contributed by atoms with Gasteiger partial charge in [-0.25, -0.2) is 0 Å². The Hall–Kier alpha value is -2.74. The predicted octanol–water partition coefficient (Wildman–Crippen LogP) is 3.54. The summed E-state index contributed by atoms with van der Waals surface area (Å²) in [7, 11) is 2.13. The molecule has 35 heavy (non-hydrogen) atoms. The molecule has 1 aliphatic carbocycles. The Morgan fingerprint density at radius 1 is 0.971 bits per heavy atom. The number of nitrogens with one attached hydrogen (secondary N) is 1. The lowest BCUT2D eigenvalue weighted by Gasteiger charge is -2.27. The average molecular weight is 484 g/mol. The third-order valence-corrected chi connectivity index (χ3v) is 7.50. The van der Waals surface area contributed by atoms with Gasteiger partial charge in [-0.1, -0.05) is 44.6 Å². The van der Waals surface area contributed by atoms with Crippen LogP contribution in [0.2, 0.25) is 0 Å². The molecule has 4 amide bonds. The summed E-state index contributed by atoms with van der Waals surface area (Å²) in [6, 6.07) is 3.98. The lowest BCUT2D eigenvalue weighted by Crippen LogP contribution is -2.54. The molecule has 1 N–H and O–H groups in total. The van der Waals surface area contributed by atoms with E-state index in [9.17, 15) is 19.2 Å². The summed E-state index contributed by atoms with van der Waals surface area (Å²) in [5.74, 6) is -0.785. The number of amides is 4. The van der Waals surface area contributed by atoms with Crippen molar-refractivity contribution in [2.75, 3.05) is 26.7 Å². The van der Waals surface area contributed by atoms with Crippen LogP contribution in [0.5, 0.6) is 5.75 Å². The molecule has 1 aromatic rings. The van der Waals surface area contributed by atoms with Crippen LogP contribution >= 0.6 is 0 Å². The van der Waals surface area contributed by atoms with Crippen LogP contribution in [0.15, 0.2) is 18.2 Å². The van der Waals surface area contributed by atoms with Crippen LogP contribution in [0.1, 0.15) is 91.3 Å². The van der Waals surface area contributed by atoms with Gasteiger partial charge >= 0.3 is 0 Å². The minimum absolute atomic E-state index is 0.0986. The van der Waals surface area contributed by atoms with Crippen molar-refractivity contribution < 1.29 is 23.9 Å². The monoisotopic (exact) mass is 483 g/mol. The normalized spacial score (nSPS) is 21.3. The number of hydrogen-bond acceptors (Lipinski definition) is 6. The number of carbonyl (C=O) groups is 4. The second-order valence-corrected chi connectivity index (χ2v) is 10.1. The first-order valence-electron chi connectivity index (χ1n) is 13.1. The molecule has 4 rings (SSSR count). The van der Waals surface area contributed by atoms with E-state index >= 15 is 0 Å². The van der Waals surface area contributed by atoms with E-state index in [2.05, 4.69) is 17.3 Å². The molecule has 1 aromatic carbocycles. The van der Waals surface area contributed by atoms with Crippen LogP contribution in [-0.2, 0) is 9.59 Å². The number of piperidine rings is 1. The maximum atomic E-state index is 13.1. The maximum absolute atomic E-state index is 13.1. The lowest BCUT2D eigenvalue weighted by molar-refractivity contribution is -0.136. The van der Waals surface area contributed by atoms with Crippen molar-refractivity contribution in [1.82, 2.24) is 15.1 Å². The van der Waals surface area contributed by atoms with E-state index in [0.29, 0.717) is 12.4 Å². The van der Waals surface area contributed by atoms with Crippen LogP contribution in [-0.4, -0.2) is 66.2 Å². The first-order chi connectivity index (χ1) is 17.0. The van der Waals surface area contributed by atoms with E-state index in [1.165, 1.54) is 51.4 Å². The molecule has 1 atom stereocenters. The van der Waals surface area contributed by atoms with E-state index in [-0.39, 0.29) is 29.9 Å². The number of hydrogen-bond donors (Lipinski definition) is 1. The lowest BCUT2D eigenvalue weighted by atomic mass is 9.95. The average Bonchev–Trinajstić information content (AvgIpc) is 2.99. The number of rotatable bonds is 10. The number of benzene rings is 1. The zero-order chi connectivity index (χ0) is 24.8. The van der Waals surface area contributed by atoms with Gasteiger partial charge in [-0.15, -0.1) is 0 Å². The molecule has 2 heterocycles. The zero-order valence-electron chi connectivity index (χ0n) is 20.7. The molecule has 190 valence electrons. The number of nitrogens with zero attached hydrogens (tertiary/aromatic N) is 2. The van der Waals surface area contributed by atoms with Crippen molar-refractivity contribution in [3.63, 3.8) is 0 Å². The van der Waals surface area contributed by atoms with Gasteiger partial charge in [0.15, 0.2) is 0 Å². The molecule has 0 aromatic heterocycles. The summed E-state index contributed by atoms with van der Waals surface area (Å²) in [6.45, 7) is 2.41. The number of ether oxygens (including phenoxy) is 1. The van der Waals surface area contributed by atoms with E-state index in [0.717, 1.165) is 30.3 Å². The summed E-state index contributed by atoms with van der Waals surface area (Å²) in [4.78, 5) is 53.1. The molecule has 0 radical (unpaired) electrons. The molecule has 1 saturated heterocycles. The molecule has 8 heteroatoms. The van der Waals surface area contributed by atoms with E-state index in [1.54, 1.807) is 18.2 Å². The molecule has 1 saturated carbocycles. The Balaban J connectivity index is 1.25. The number of imide groups is 2. The van der Waals surface area contributed by atoms with Gasteiger partial charge in [-0.05, 0) is 57.3 Å². The van der Waals surface area contributed by atoms with Crippen LogP contribution in [0, 0.1) is 5.92 Å². The van der Waals surface area contributed by atoms with Crippen LogP contribution in [0.25, 0.3) is 0 Å². The van der Waals surface area contributed by atoms with E-state index < -0.39 is 23.8 Å². The Morgan fingerprint density at radius 2 is 1.71 bits per heavy atom. The molecule has 2 fully saturated rings. The summed E-state index contributed by atoms with van der Waals surface area (Å²) in [5, 5.41) is 2.22. The molecular weight excluding hydrogens is 446 g/mol. The largest absolute Gasteiger partial charge is 0.493 e. The highest BCUT2D eigenvalue weighted by molar-refractivity contribution is 6.24. The first kappa shape index (κ1) is 25.4. The van der Waals surface area contributed by atoms with Crippen LogP contribution < -0.4 is 10.1 Å². The minimum atomic E-state index is -0.973. The third kappa shape index (κ3) is 6.10. The topological polar surface area (TPSA) is 96.0 Å². The second-order valence-electron chi connectivity index (χ2n) is 10.1. The number of carbonyl (C=O) groups excluding carboxylic acids is 4. The van der Waals surface area contributed by atoms with Gasteiger partial charge in [0.1, 0.15) is 11.8 Å². The van der Waals surface area contributed by atoms with Crippen molar-refractivity contribution in [3.05, 3.63) is 29.3 Å². The standard InChI is InChI=1S/C27H37N3O5/c1-29(16-7-11-19-9-4-2-3-5-10-19)17-8-18-35-22-13-6-12-20-24(22)27(34)30(26(20)33)21-14-15-23(31)28-25(21)32/h6,12-13,19,21H,2-5,7-11,14-18H2,1H3,(H,28,31,32). The Labute approximate surface area is 207 Å². The fourth-order valence-corrected chi connectivity index (χ4v) is 5.54. The fourth-order valence-electron chi connectivity index (χ4n) is 5.54. The minimum Gasteiger partial charge on any atom is -0.493 e. The van der Waals surface area contributed by atoms with Crippen LogP contribution in [0.3, 0.4) is 0 Å². The van der Waals surface area contributed by atoms with Gasteiger partial charge < -0.3 is 9.64 Å². The van der Waals surface area contributed by atoms with Gasteiger partial charge in [0, 0.05) is 13.0 Å². The molecular formula is C27H37N3O5. The third-order valence-electron chi connectivity index (χ3n) is 7.50. The summed E-state index contributed by atoms with van der Waals surface area (Å²) >= 11 is 0. The highest BCUT2D eigenvalue weighted by Gasteiger charge is 2.45. The van der Waals surface area contributed by atoms with Gasteiger partial charge in [0.05, 0.1) is 17.7 Å². The van der Waals surface area contributed by atoms with Crippen LogP contribution in [0.4, 0.5) is 0 Å². The Kier molecular flexibility index (Phi) is 8.55. The predicted molar refractivity (Wildman–Crippen MR) is 131 cm³/mol. The van der Waals surface area contributed by atoms with Crippen molar-refractivity contribution >= 4 is 23.6 Å². The summed E-state index contributed by atoms with van der Waals surface area (Å²) in [6.07, 6.45) is 11.9. The van der Waals surface area contributed by atoms with E-state index in [1.807, 2.05) is 0 Å². The highest BCUT2D eigenvalue weighted by atomic mass is 16.5. The summed E-state index contributed by atoms with van der Waals surface area (Å²) < 4.78 is 5.93. The molecule has 2 aliphatic heterocycles. The van der Waals surface area contributed by atoms with Gasteiger partial charge in [0.25, 0.3) is 11.8 Å². The molecule has 8 nitrogen and oxygen atoms in total. The Bertz CT molecular complexity index is 954. The molecule has 1 unspecified atom stereocenters.